The molecule has 1 spiro atoms. The first-order valence-corrected chi connectivity index (χ1v) is 8.01. The van der Waals surface area contributed by atoms with Gasteiger partial charge in [0, 0.05) is 5.56 Å². The highest BCUT2D eigenvalue weighted by Crippen LogP contribution is 2.41. The Morgan fingerprint density at radius 1 is 1.36 bits per heavy atom. The molecule has 0 amide bonds. The van der Waals surface area contributed by atoms with E-state index in [1.807, 2.05) is 0 Å². The summed E-state index contributed by atoms with van der Waals surface area (Å²) < 4.78 is 13.9. The molecule has 0 N–H and O–H groups in total. The summed E-state index contributed by atoms with van der Waals surface area (Å²) in [7, 11) is 0. The lowest BCUT2D eigenvalue weighted by Crippen LogP contribution is -2.35. The molecule has 2 unspecified atom stereocenters. The molecule has 22 heavy (non-hydrogen) atoms. The molecule has 5 heteroatoms. The molecule has 1 aromatic rings. The molecule has 1 aliphatic carbocycles. The average molecular weight is 358 g/mol. The molecule has 1 aromatic carbocycles. The maximum atomic E-state index is 13.5. The molecule has 4 rings (SSSR count). The van der Waals surface area contributed by atoms with Crippen molar-refractivity contribution in [2.75, 3.05) is 0 Å². The molecule has 0 saturated carbocycles. The minimum absolute atomic E-state index is 0.288. The monoisotopic (exact) mass is 357 g/mol. The highest BCUT2D eigenvalue weighted by molar-refractivity contribution is 9.10. The van der Waals surface area contributed by atoms with Crippen LogP contribution in [0.3, 0.4) is 0 Å². The summed E-state index contributed by atoms with van der Waals surface area (Å²) in [5.41, 5.74) is 2.79. The van der Waals surface area contributed by atoms with Gasteiger partial charge in [0.1, 0.15) is 17.9 Å². The van der Waals surface area contributed by atoms with Gasteiger partial charge in [0.2, 0.25) is 0 Å². The Morgan fingerprint density at radius 3 is 3.00 bits per heavy atom. The lowest BCUT2D eigenvalue weighted by Gasteiger charge is -2.24. The van der Waals surface area contributed by atoms with Gasteiger partial charge in [-0.25, -0.2) is 19.4 Å². The Kier molecular flexibility index (Phi) is 3.01. The zero-order chi connectivity index (χ0) is 15.3. The molecule has 110 valence electrons. The summed E-state index contributed by atoms with van der Waals surface area (Å²) in [6.07, 6.45) is 9.03. The van der Waals surface area contributed by atoms with Gasteiger partial charge in [0.25, 0.3) is 0 Å². The first-order chi connectivity index (χ1) is 10.6. The van der Waals surface area contributed by atoms with E-state index in [0.29, 0.717) is 10.4 Å². The lowest BCUT2D eigenvalue weighted by molar-refractivity contribution is 0.621. The Hall–Kier alpha value is -1.88. The number of hydrogen-bond donors (Lipinski definition) is 0. The van der Waals surface area contributed by atoms with E-state index in [9.17, 15) is 4.39 Å². The molecule has 0 bridgehead atoms. The van der Waals surface area contributed by atoms with Crippen molar-refractivity contribution in [1.82, 2.24) is 0 Å². The summed E-state index contributed by atoms with van der Waals surface area (Å²) in [6, 6.07) is 4.90. The smallest absolute Gasteiger partial charge is 0.166 e. The topological polar surface area (TPSA) is 37.1 Å². The second-order valence-corrected chi connectivity index (χ2v) is 6.42. The van der Waals surface area contributed by atoms with Gasteiger partial charge < -0.3 is 0 Å². The summed E-state index contributed by atoms with van der Waals surface area (Å²) in [5, 5.41) is 0. The molecular weight excluding hydrogens is 345 g/mol. The first-order valence-electron chi connectivity index (χ1n) is 7.22. The second kappa shape index (κ2) is 4.81. The Bertz CT molecular complexity index is 819. The van der Waals surface area contributed by atoms with Gasteiger partial charge in [-0.2, -0.15) is 0 Å². The Morgan fingerprint density at radius 2 is 2.23 bits per heavy atom. The molecule has 3 nitrogen and oxygen atoms in total. The van der Waals surface area contributed by atoms with Crippen molar-refractivity contribution >= 4 is 33.7 Å². The highest BCUT2D eigenvalue weighted by atomic mass is 79.9. The molecule has 0 fully saturated rings. The van der Waals surface area contributed by atoms with Gasteiger partial charge in [-0.15, -0.1) is 0 Å². The number of nitrogens with zero attached hydrogens (tertiary/aromatic N) is 3. The molecule has 2 aliphatic heterocycles. The fourth-order valence-corrected chi connectivity index (χ4v) is 3.40. The van der Waals surface area contributed by atoms with Crippen LogP contribution in [0, 0.1) is 11.7 Å². The van der Waals surface area contributed by atoms with Gasteiger partial charge in [0.15, 0.2) is 5.54 Å². The maximum Gasteiger partial charge on any atom is 0.166 e. The van der Waals surface area contributed by atoms with Crippen molar-refractivity contribution < 1.29 is 4.39 Å². The number of halogens is 2. The standard InChI is InChI=1S/C17H13BrFN3/c1-2-10-5-6-17-14(7-10)22-15(16(17)20-9-21-17)11-3-4-13(19)12(18)8-11/h3-10H,2H2,1H3. The number of hydrogen-bond acceptors (Lipinski definition) is 3. The fraction of sp³-hybridized carbons (Fsp3) is 0.235. The molecule has 0 aromatic heterocycles. The van der Waals surface area contributed by atoms with Crippen LogP contribution in [0.15, 0.2) is 61.6 Å². The van der Waals surface area contributed by atoms with Crippen molar-refractivity contribution in [3.63, 3.8) is 0 Å². The largest absolute Gasteiger partial charge is 0.250 e. The number of benzene rings is 1. The zero-order valence-electron chi connectivity index (χ0n) is 11.9. The quantitative estimate of drug-likeness (QED) is 0.714. The third-order valence-electron chi connectivity index (χ3n) is 4.28. The minimum atomic E-state index is -0.568. The van der Waals surface area contributed by atoms with Crippen molar-refractivity contribution in [3.8, 4) is 0 Å². The van der Waals surface area contributed by atoms with Crippen LogP contribution in [0.1, 0.15) is 18.9 Å². The van der Waals surface area contributed by atoms with Gasteiger partial charge >= 0.3 is 0 Å². The molecular formula is C17H13BrFN3. The predicted octanol–water partition coefficient (Wildman–Crippen LogP) is 4.09. The van der Waals surface area contributed by atoms with Gasteiger partial charge in [-0.3, -0.25) is 0 Å². The van der Waals surface area contributed by atoms with E-state index in [1.165, 1.54) is 6.07 Å². The van der Waals surface area contributed by atoms with Crippen LogP contribution in [-0.4, -0.2) is 23.3 Å². The molecule has 3 aliphatic rings. The summed E-state index contributed by atoms with van der Waals surface area (Å²) in [6.45, 7) is 2.15. The van der Waals surface area contributed by atoms with Crippen LogP contribution in [0.5, 0.6) is 0 Å². The number of allylic oxidation sites excluding steroid dienone is 2. The Balaban J connectivity index is 1.85. The van der Waals surface area contributed by atoms with E-state index in [-0.39, 0.29) is 5.82 Å². The van der Waals surface area contributed by atoms with Crippen molar-refractivity contribution in [2.45, 2.75) is 18.9 Å². The van der Waals surface area contributed by atoms with Crippen LogP contribution < -0.4 is 0 Å². The van der Waals surface area contributed by atoms with Crippen molar-refractivity contribution in [1.29, 1.82) is 0 Å². The van der Waals surface area contributed by atoms with Crippen LogP contribution >= 0.6 is 15.9 Å². The summed E-state index contributed by atoms with van der Waals surface area (Å²) in [5.74, 6) is 0.0879. The van der Waals surface area contributed by atoms with E-state index in [1.54, 1.807) is 18.5 Å². The van der Waals surface area contributed by atoms with Gasteiger partial charge in [-0.05, 0) is 52.5 Å². The Labute approximate surface area is 136 Å². The van der Waals surface area contributed by atoms with Crippen LogP contribution in [0.25, 0.3) is 0 Å². The number of rotatable bonds is 2. The van der Waals surface area contributed by atoms with E-state index in [4.69, 9.17) is 4.99 Å². The molecule has 2 heterocycles. The highest BCUT2D eigenvalue weighted by Gasteiger charge is 2.48. The minimum Gasteiger partial charge on any atom is -0.250 e. The summed E-state index contributed by atoms with van der Waals surface area (Å²) >= 11 is 3.23. The van der Waals surface area contributed by atoms with Gasteiger partial charge in [0.05, 0.1) is 15.9 Å². The van der Waals surface area contributed by atoms with E-state index in [0.717, 1.165) is 29.1 Å². The third kappa shape index (κ3) is 1.81. The lowest BCUT2D eigenvalue weighted by atomic mass is 9.83. The average Bonchev–Trinajstić information content (AvgIpc) is 3.05. The summed E-state index contributed by atoms with van der Waals surface area (Å²) in [4.78, 5) is 13.7. The molecule has 2 atom stereocenters. The van der Waals surface area contributed by atoms with E-state index >= 15 is 0 Å². The van der Waals surface area contributed by atoms with Crippen LogP contribution in [0.4, 0.5) is 4.39 Å². The van der Waals surface area contributed by atoms with Gasteiger partial charge in [-0.1, -0.05) is 19.1 Å². The van der Waals surface area contributed by atoms with Crippen LogP contribution in [-0.2, 0) is 0 Å². The van der Waals surface area contributed by atoms with Crippen molar-refractivity contribution in [2.24, 2.45) is 20.9 Å². The predicted molar refractivity (Wildman–Crippen MR) is 90.3 cm³/mol. The normalized spacial score (nSPS) is 28.1. The zero-order valence-corrected chi connectivity index (χ0v) is 13.5. The van der Waals surface area contributed by atoms with Crippen molar-refractivity contribution in [3.05, 3.63) is 58.0 Å². The molecule has 0 radical (unpaired) electrons. The third-order valence-corrected chi connectivity index (χ3v) is 4.88. The SMILES string of the molecule is CCC1C=CC23N=CN=C2C(c2ccc(F)c(Br)c2)=NC3=C1. The fourth-order valence-electron chi connectivity index (χ4n) is 3.02. The number of aliphatic imine (C=N–C) groups is 3. The molecule has 0 saturated heterocycles. The van der Waals surface area contributed by atoms with E-state index in [2.05, 4.69) is 51.1 Å². The maximum absolute atomic E-state index is 13.5. The van der Waals surface area contributed by atoms with Crippen LogP contribution in [0.2, 0.25) is 0 Å². The first kappa shape index (κ1) is 13.8. The van der Waals surface area contributed by atoms with E-state index < -0.39 is 5.54 Å². The second-order valence-electron chi connectivity index (χ2n) is 5.56.